The Morgan fingerprint density at radius 2 is 0.717 bits per heavy atom. The average Bonchev–Trinajstić information content (AvgIpc) is 3.93. The van der Waals surface area contributed by atoms with E-state index in [1.54, 1.807) is 0 Å². The zero-order valence-electron chi connectivity index (χ0n) is 32.7. The van der Waals surface area contributed by atoms with Gasteiger partial charge in [-0.2, -0.15) is 0 Å². The van der Waals surface area contributed by atoms with Crippen LogP contribution in [0.15, 0.2) is 231 Å². The lowest BCUT2D eigenvalue weighted by Crippen LogP contribution is -2.00. The van der Waals surface area contributed by atoms with Gasteiger partial charge in [-0.3, -0.25) is 4.57 Å². The molecule has 9 aromatic carbocycles. The highest BCUT2D eigenvalue weighted by molar-refractivity contribution is 6.11. The van der Waals surface area contributed by atoms with Crippen molar-refractivity contribution < 1.29 is 0 Å². The predicted octanol–water partition coefficient (Wildman–Crippen LogP) is 14.4. The van der Waals surface area contributed by atoms with Gasteiger partial charge in [-0.25, -0.2) is 0 Å². The van der Waals surface area contributed by atoms with Gasteiger partial charge in [0.25, 0.3) is 0 Å². The second kappa shape index (κ2) is 15.0. The van der Waals surface area contributed by atoms with E-state index in [4.69, 9.17) is 10.2 Å². The summed E-state index contributed by atoms with van der Waals surface area (Å²) in [5.74, 6) is 1.58. The molecule has 282 valence electrons. The molecule has 2 heterocycles. The van der Waals surface area contributed by atoms with E-state index in [1.165, 1.54) is 49.6 Å². The standard InChI is InChI=1S/C56H38N4/c1-4-17-39(18-5-1)42-19-16-20-44(37-42)56-58-57-55(60(56)46-23-8-3-9-24-46)41-33-31-40(32-34-41)47-25-10-12-27-49(47)50-28-13-11-26-48(50)43-35-36-54-52(38-43)51-29-14-15-30-53(51)59(54)45-21-6-2-7-22-45/h1-38H. The maximum Gasteiger partial charge on any atom is 0.168 e. The summed E-state index contributed by atoms with van der Waals surface area (Å²) in [7, 11) is 0. The van der Waals surface area contributed by atoms with Crippen LogP contribution in [0, 0.1) is 0 Å². The van der Waals surface area contributed by atoms with Gasteiger partial charge in [0.2, 0.25) is 0 Å². The molecule has 4 nitrogen and oxygen atoms in total. The smallest absolute Gasteiger partial charge is 0.168 e. The Labute approximate surface area is 348 Å². The van der Waals surface area contributed by atoms with Gasteiger partial charge in [-0.1, -0.05) is 182 Å². The summed E-state index contributed by atoms with van der Waals surface area (Å²) in [5.41, 5.74) is 15.9. The largest absolute Gasteiger partial charge is 0.309 e. The molecule has 0 unspecified atom stereocenters. The van der Waals surface area contributed by atoms with Crippen molar-refractivity contribution in [3.63, 3.8) is 0 Å². The maximum atomic E-state index is 4.82. The minimum Gasteiger partial charge on any atom is -0.309 e. The van der Waals surface area contributed by atoms with Gasteiger partial charge >= 0.3 is 0 Å². The van der Waals surface area contributed by atoms with Crippen molar-refractivity contribution in [3.05, 3.63) is 231 Å². The van der Waals surface area contributed by atoms with Crippen LogP contribution >= 0.6 is 0 Å². The number of rotatable bonds is 8. The lowest BCUT2D eigenvalue weighted by atomic mass is 9.89. The van der Waals surface area contributed by atoms with E-state index in [0.29, 0.717) is 0 Å². The van der Waals surface area contributed by atoms with E-state index in [9.17, 15) is 0 Å². The number of para-hydroxylation sites is 3. The molecule has 0 spiro atoms. The van der Waals surface area contributed by atoms with Crippen LogP contribution in [0.2, 0.25) is 0 Å². The Balaban J connectivity index is 0.981. The van der Waals surface area contributed by atoms with Gasteiger partial charge in [-0.05, 0) is 93.0 Å². The highest BCUT2D eigenvalue weighted by atomic mass is 15.3. The third-order valence-corrected chi connectivity index (χ3v) is 11.5. The van der Waals surface area contributed by atoms with Gasteiger partial charge in [0.05, 0.1) is 11.0 Å². The molecule has 0 aliphatic rings. The number of aromatic nitrogens is 4. The minimum atomic E-state index is 0.788. The molecule has 11 aromatic rings. The molecule has 2 aromatic heterocycles. The van der Waals surface area contributed by atoms with E-state index < -0.39 is 0 Å². The van der Waals surface area contributed by atoms with Crippen molar-refractivity contribution in [1.29, 1.82) is 0 Å². The monoisotopic (exact) mass is 766 g/mol. The highest BCUT2D eigenvalue weighted by Gasteiger charge is 2.20. The first-order chi connectivity index (χ1) is 29.8. The van der Waals surface area contributed by atoms with Gasteiger partial charge in [0, 0.05) is 33.3 Å². The van der Waals surface area contributed by atoms with E-state index in [-0.39, 0.29) is 0 Å². The highest BCUT2D eigenvalue weighted by Crippen LogP contribution is 2.41. The molecule has 60 heavy (non-hydrogen) atoms. The topological polar surface area (TPSA) is 35.6 Å². The van der Waals surface area contributed by atoms with Crippen molar-refractivity contribution in [2.45, 2.75) is 0 Å². The maximum absolute atomic E-state index is 4.82. The molecule has 0 bridgehead atoms. The van der Waals surface area contributed by atoms with Crippen LogP contribution in [0.1, 0.15) is 0 Å². The molecular weight excluding hydrogens is 729 g/mol. The molecule has 0 saturated heterocycles. The minimum absolute atomic E-state index is 0.788. The summed E-state index contributed by atoms with van der Waals surface area (Å²) in [6.07, 6.45) is 0. The number of hydrogen-bond donors (Lipinski definition) is 0. The van der Waals surface area contributed by atoms with E-state index in [0.717, 1.165) is 50.8 Å². The summed E-state index contributed by atoms with van der Waals surface area (Å²) in [6, 6.07) is 81.9. The Morgan fingerprint density at radius 3 is 1.40 bits per heavy atom. The molecule has 0 N–H and O–H groups in total. The molecule has 0 radical (unpaired) electrons. The van der Waals surface area contributed by atoms with Gasteiger partial charge in [0.15, 0.2) is 11.6 Å². The normalized spacial score (nSPS) is 11.3. The van der Waals surface area contributed by atoms with Crippen LogP contribution in [0.3, 0.4) is 0 Å². The van der Waals surface area contributed by atoms with Crippen molar-refractivity contribution in [3.8, 4) is 78.7 Å². The second-order valence-electron chi connectivity index (χ2n) is 15.1. The fourth-order valence-corrected chi connectivity index (χ4v) is 8.68. The lowest BCUT2D eigenvalue weighted by molar-refractivity contribution is 1.07. The molecule has 4 heteroatoms. The number of fused-ring (bicyclic) bond motifs is 3. The third-order valence-electron chi connectivity index (χ3n) is 11.5. The first-order valence-corrected chi connectivity index (χ1v) is 20.3. The van der Waals surface area contributed by atoms with Gasteiger partial charge in [-0.15, -0.1) is 10.2 Å². The van der Waals surface area contributed by atoms with Crippen molar-refractivity contribution in [2.24, 2.45) is 0 Å². The van der Waals surface area contributed by atoms with Gasteiger partial charge < -0.3 is 4.57 Å². The first kappa shape index (κ1) is 35.1. The van der Waals surface area contributed by atoms with Crippen LogP contribution in [-0.4, -0.2) is 19.3 Å². The zero-order chi connectivity index (χ0) is 39.8. The number of hydrogen-bond acceptors (Lipinski definition) is 2. The van der Waals surface area contributed by atoms with E-state index >= 15 is 0 Å². The van der Waals surface area contributed by atoms with Crippen LogP contribution in [-0.2, 0) is 0 Å². The molecule has 0 aliphatic carbocycles. The summed E-state index contributed by atoms with van der Waals surface area (Å²) in [4.78, 5) is 0. The molecule has 0 amide bonds. The molecule has 0 atom stereocenters. The van der Waals surface area contributed by atoms with Gasteiger partial charge in [0.1, 0.15) is 0 Å². The first-order valence-electron chi connectivity index (χ1n) is 20.3. The fourth-order valence-electron chi connectivity index (χ4n) is 8.68. The van der Waals surface area contributed by atoms with Crippen molar-refractivity contribution in [1.82, 2.24) is 19.3 Å². The van der Waals surface area contributed by atoms with Crippen LogP contribution in [0.4, 0.5) is 0 Å². The fraction of sp³-hybridized carbons (Fsp3) is 0. The summed E-state index contributed by atoms with van der Waals surface area (Å²) >= 11 is 0. The Kier molecular flexibility index (Phi) is 8.79. The van der Waals surface area contributed by atoms with Crippen molar-refractivity contribution in [2.75, 3.05) is 0 Å². The number of benzene rings is 9. The quantitative estimate of drug-likeness (QED) is 0.154. The molecule has 0 fully saturated rings. The van der Waals surface area contributed by atoms with Crippen LogP contribution in [0.25, 0.3) is 100 Å². The van der Waals surface area contributed by atoms with Crippen LogP contribution < -0.4 is 0 Å². The lowest BCUT2D eigenvalue weighted by Gasteiger charge is -2.16. The third kappa shape index (κ3) is 6.19. The second-order valence-corrected chi connectivity index (χ2v) is 15.1. The molecule has 0 saturated carbocycles. The Hall–Kier alpha value is -8.08. The molecular formula is C56H38N4. The van der Waals surface area contributed by atoms with Crippen molar-refractivity contribution >= 4 is 21.8 Å². The molecule has 0 aliphatic heterocycles. The Morgan fingerprint density at radius 1 is 0.250 bits per heavy atom. The summed E-state index contributed by atoms with van der Waals surface area (Å²) in [5, 5.41) is 12.1. The summed E-state index contributed by atoms with van der Waals surface area (Å²) < 4.78 is 4.53. The average molecular weight is 767 g/mol. The Bertz CT molecular complexity index is 3290. The molecule has 11 rings (SSSR count). The van der Waals surface area contributed by atoms with E-state index in [2.05, 4.69) is 228 Å². The zero-order valence-corrected chi connectivity index (χ0v) is 32.7. The van der Waals surface area contributed by atoms with E-state index in [1.807, 2.05) is 12.1 Å². The number of nitrogens with zero attached hydrogens (tertiary/aromatic N) is 4. The SMILES string of the molecule is c1ccc(-c2cccc(-c3nnc(-c4ccc(-c5ccccc5-c5ccccc5-c5ccc6c(c5)c5ccccc5n6-c5ccccc5)cc4)n3-c3ccccc3)c2)cc1. The summed E-state index contributed by atoms with van der Waals surface area (Å²) in [6.45, 7) is 0. The predicted molar refractivity (Wildman–Crippen MR) is 248 cm³/mol. The van der Waals surface area contributed by atoms with Crippen LogP contribution in [0.5, 0.6) is 0 Å².